The molecule has 124 valence electrons. The van der Waals surface area contributed by atoms with E-state index in [2.05, 4.69) is 10.3 Å². The quantitative estimate of drug-likeness (QED) is 0.740. The van der Waals surface area contributed by atoms with E-state index in [0.29, 0.717) is 27.2 Å². The lowest BCUT2D eigenvalue weighted by atomic mass is 10.1. The van der Waals surface area contributed by atoms with Crippen LogP contribution in [0.4, 0.5) is 5.13 Å². The highest BCUT2D eigenvalue weighted by Gasteiger charge is 2.18. The van der Waals surface area contributed by atoms with Crippen molar-refractivity contribution in [2.75, 3.05) is 19.5 Å². The van der Waals surface area contributed by atoms with E-state index < -0.39 is 0 Å². The molecule has 3 aromatic rings. The van der Waals surface area contributed by atoms with E-state index in [9.17, 15) is 4.79 Å². The summed E-state index contributed by atoms with van der Waals surface area (Å²) >= 11 is 7.44. The minimum absolute atomic E-state index is 0.312. The Bertz CT molecular complexity index is 924. The number of methoxy groups -OCH3 is 2. The molecule has 0 bridgehead atoms. The first kappa shape index (κ1) is 16.5. The number of halogens is 1. The number of carbonyl (C=O) groups excluding carboxylic acids is 1. The smallest absolute Gasteiger partial charge is 0.261 e. The number of ether oxygens (including phenoxy) is 2. The Morgan fingerprint density at radius 2 is 2.04 bits per heavy atom. The summed E-state index contributed by atoms with van der Waals surface area (Å²) in [6, 6.07) is 8.83. The number of aromatic nitrogens is 1. The highest BCUT2D eigenvalue weighted by atomic mass is 35.5. The summed E-state index contributed by atoms with van der Waals surface area (Å²) in [5, 5.41) is 3.96. The lowest BCUT2D eigenvalue weighted by molar-refractivity contribution is 0.102. The molecule has 0 aliphatic heterocycles. The number of carbonyl (C=O) groups is 1. The van der Waals surface area contributed by atoms with E-state index in [1.165, 1.54) is 25.6 Å². The normalized spacial score (nSPS) is 10.7. The fourth-order valence-electron chi connectivity index (χ4n) is 2.44. The summed E-state index contributed by atoms with van der Waals surface area (Å²) in [4.78, 5) is 17.1. The highest BCUT2D eigenvalue weighted by molar-refractivity contribution is 7.22. The lowest BCUT2D eigenvalue weighted by Crippen LogP contribution is -2.13. The van der Waals surface area contributed by atoms with Crippen molar-refractivity contribution in [1.29, 1.82) is 0 Å². The predicted octanol–water partition coefficient (Wildman–Crippen LogP) is 4.53. The molecule has 0 radical (unpaired) electrons. The first-order chi connectivity index (χ1) is 11.5. The van der Waals surface area contributed by atoms with Gasteiger partial charge in [-0.15, -0.1) is 0 Å². The Balaban J connectivity index is 1.94. The van der Waals surface area contributed by atoms with Gasteiger partial charge in [-0.25, -0.2) is 4.98 Å². The number of thiazole rings is 1. The highest BCUT2D eigenvalue weighted by Crippen LogP contribution is 2.33. The Morgan fingerprint density at radius 1 is 1.25 bits per heavy atom. The molecule has 7 heteroatoms. The molecule has 0 aliphatic rings. The Labute approximate surface area is 148 Å². The Kier molecular flexibility index (Phi) is 4.59. The van der Waals surface area contributed by atoms with Gasteiger partial charge in [-0.1, -0.05) is 29.0 Å². The van der Waals surface area contributed by atoms with Crippen molar-refractivity contribution in [3.05, 3.63) is 46.5 Å². The number of nitrogens with zero attached hydrogens (tertiary/aromatic N) is 1. The molecular formula is C17H15ClN2O3S. The monoisotopic (exact) mass is 362 g/mol. The van der Waals surface area contributed by atoms with Crippen molar-refractivity contribution in [3.8, 4) is 11.5 Å². The summed E-state index contributed by atoms with van der Waals surface area (Å²) in [6.45, 7) is 1.94. The van der Waals surface area contributed by atoms with Crippen LogP contribution >= 0.6 is 22.9 Å². The first-order valence-corrected chi connectivity index (χ1v) is 8.32. The van der Waals surface area contributed by atoms with Crippen molar-refractivity contribution in [2.45, 2.75) is 6.92 Å². The number of para-hydroxylation sites is 1. The van der Waals surface area contributed by atoms with Crippen molar-refractivity contribution in [3.63, 3.8) is 0 Å². The van der Waals surface area contributed by atoms with E-state index in [1.807, 2.05) is 19.1 Å². The molecule has 0 atom stereocenters. The van der Waals surface area contributed by atoms with Crippen molar-refractivity contribution < 1.29 is 14.3 Å². The van der Waals surface area contributed by atoms with Crippen LogP contribution in [0.3, 0.4) is 0 Å². The fraction of sp³-hybridized carbons (Fsp3) is 0.176. The molecule has 0 aliphatic carbocycles. The molecule has 1 N–H and O–H groups in total. The van der Waals surface area contributed by atoms with Gasteiger partial charge in [-0.05, 0) is 36.8 Å². The number of hydrogen-bond donors (Lipinski definition) is 1. The molecule has 0 unspecified atom stereocenters. The fourth-order valence-corrected chi connectivity index (χ4v) is 3.75. The van der Waals surface area contributed by atoms with Gasteiger partial charge in [0.1, 0.15) is 0 Å². The number of rotatable bonds is 4. The van der Waals surface area contributed by atoms with Crippen LogP contribution in [0.15, 0.2) is 30.3 Å². The van der Waals surface area contributed by atoms with E-state index in [1.54, 1.807) is 18.2 Å². The topological polar surface area (TPSA) is 60.5 Å². The summed E-state index contributed by atoms with van der Waals surface area (Å²) in [5.74, 6) is 0.573. The molecule has 0 saturated heterocycles. The molecule has 5 nitrogen and oxygen atoms in total. The molecule has 0 fully saturated rings. The first-order valence-electron chi connectivity index (χ1n) is 7.12. The number of anilines is 1. The molecule has 3 rings (SSSR count). The zero-order valence-corrected chi connectivity index (χ0v) is 14.9. The van der Waals surface area contributed by atoms with Gasteiger partial charge >= 0.3 is 0 Å². The maximum Gasteiger partial charge on any atom is 0.261 e. The van der Waals surface area contributed by atoms with Gasteiger partial charge in [0.15, 0.2) is 16.6 Å². The Hall–Kier alpha value is -2.31. The number of aryl methyl sites for hydroxylation is 1. The molecule has 0 saturated carbocycles. The van der Waals surface area contributed by atoms with Crippen LogP contribution in [0.1, 0.15) is 15.9 Å². The lowest BCUT2D eigenvalue weighted by Gasteiger charge is -2.11. The molecule has 2 aromatic carbocycles. The Morgan fingerprint density at radius 3 is 2.75 bits per heavy atom. The molecule has 0 spiro atoms. The van der Waals surface area contributed by atoms with Gasteiger partial charge in [0.05, 0.1) is 30.0 Å². The molecule has 1 heterocycles. The van der Waals surface area contributed by atoms with Crippen molar-refractivity contribution >= 4 is 44.2 Å². The minimum atomic E-state index is -0.312. The van der Waals surface area contributed by atoms with Crippen molar-refractivity contribution in [2.24, 2.45) is 0 Å². The number of fused-ring (bicyclic) bond motifs is 1. The minimum Gasteiger partial charge on any atom is -0.493 e. The third-order valence-corrected chi connectivity index (χ3v) is 4.65. The molecule has 1 aromatic heterocycles. The van der Waals surface area contributed by atoms with Gasteiger partial charge in [-0.2, -0.15) is 0 Å². The van der Waals surface area contributed by atoms with Gasteiger partial charge < -0.3 is 9.47 Å². The van der Waals surface area contributed by atoms with Crippen LogP contribution in [0, 0.1) is 6.92 Å². The maximum absolute atomic E-state index is 12.6. The standard InChI is InChI=1S/C17H15ClN2O3S/c1-9-7-10(18)8-13-14(9)19-17(24-13)20-16(21)11-5-4-6-12(22-2)15(11)23-3/h4-8H,1-3H3,(H,19,20,21). The van der Waals surface area contributed by atoms with Gasteiger partial charge in [0.25, 0.3) is 5.91 Å². The zero-order chi connectivity index (χ0) is 17.3. The molecule has 1 amide bonds. The van der Waals surface area contributed by atoms with Crippen LogP contribution in [-0.4, -0.2) is 25.1 Å². The SMILES string of the molecule is COc1cccc(C(=O)Nc2nc3c(C)cc(Cl)cc3s2)c1OC. The third-order valence-electron chi connectivity index (χ3n) is 3.52. The van der Waals surface area contributed by atoms with Crippen LogP contribution in [0.2, 0.25) is 5.02 Å². The van der Waals surface area contributed by atoms with Gasteiger partial charge in [0.2, 0.25) is 0 Å². The second kappa shape index (κ2) is 6.67. The van der Waals surface area contributed by atoms with Crippen LogP contribution in [0.25, 0.3) is 10.2 Å². The van der Waals surface area contributed by atoms with Gasteiger partial charge in [0, 0.05) is 5.02 Å². The molecule has 24 heavy (non-hydrogen) atoms. The summed E-state index contributed by atoms with van der Waals surface area (Å²) < 4.78 is 11.4. The van der Waals surface area contributed by atoms with E-state index in [-0.39, 0.29) is 5.91 Å². The average Bonchev–Trinajstić information content (AvgIpc) is 2.96. The van der Waals surface area contributed by atoms with E-state index in [4.69, 9.17) is 21.1 Å². The largest absolute Gasteiger partial charge is 0.493 e. The van der Waals surface area contributed by atoms with Crippen LogP contribution in [-0.2, 0) is 0 Å². The summed E-state index contributed by atoms with van der Waals surface area (Å²) in [7, 11) is 3.03. The number of hydrogen-bond acceptors (Lipinski definition) is 5. The van der Waals surface area contributed by atoms with Crippen LogP contribution in [0.5, 0.6) is 11.5 Å². The van der Waals surface area contributed by atoms with Crippen LogP contribution < -0.4 is 14.8 Å². The summed E-state index contributed by atoms with van der Waals surface area (Å²) in [5.41, 5.74) is 2.18. The number of benzene rings is 2. The second-order valence-corrected chi connectivity index (χ2v) is 6.55. The van der Waals surface area contributed by atoms with Crippen molar-refractivity contribution in [1.82, 2.24) is 4.98 Å². The third kappa shape index (κ3) is 3.02. The van der Waals surface area contributed by atoms with E-state index >= 15 is 0 Å². The van der Waals surface area contributed by atoms with E-state index in [0.717, 1.165) is 15.8 Å². The number of nitrogens with one attached hydrogen (secondary N) is 1. The summed E-state index contributed by atoms with van der Waals surface area (Å²) in [6.07, 6.45) is 0. The van der Waals surface area contributed by atoms with Gasteiger partial charge in [-0.3, -0.25) is 10.1 Å². The second-order valence-electron chi connectivity index (χ2n) is 5.08. The maximum atomic E-state index is 12.6. The average molecular weight is 363 g/mol. The number of amides is 1. The molecular weight excluding hydrogens is 348 g/mol. The zero-order valence-electron chi connectivity index (χ0n) is 13.3. The predicted molar refractivity (Wildman–Crippen MR) is 96.9 cm³/mol.